The number of fused-ring (bicyclic) bond motifs is 1. The summed E-state index contributed by atoms with van der Waals surface area (Å²) in [6.45, 7) is 2.64. The van der Waals surface area contributed by atoms with Crippen LogP contribution in [0.25, 0.3) is 5.57 Å². The number of allylic oxidation sites excluding steroid dienone is 1. The standard InChI is InChI=1S/C25H35ClN2O7S/c1-12(26)17(23-20(31)19(30)21(32)25(35-23)36-2)28-24(33)18-22-16(10-27-18)9-15(7-8-34-22)14-5-3-13(11-29)4-6-14/h3-7,12,16-23,25,27,29-32H,8-11H2,1-2H3,(H,28,33)/t12-,16-,17+,18-,19+,20?,21+,22+,23+,25?/m0/s1. The van der Waals surface area contributed by atoms with E-state index < -0.39 is 47.3 Å². The molecular formula is C25H35ClN2O7S. The Balaban J connectivity index is 1.43. The molecule has 3 heterocycles. The number of rotatable bonds is 7. The highest BCUT2D eigenvalue weighted by atomic mass is 35.5. The highest BCUT2D eigenvalue weighted by Crippen LogP contribution is 2.34. The van der Waals surface area contributed by atoms with Gasteiger partial charge < -0.3 is 40.5 Å². The van der Waals surface area contributed by atoms with Gasteiger partial charge in [-0.3, -0.25) is 4.79 Å². The highest BCUT2D eigenvalue weighted by molar-refractivity contribution is 7.99. The SMILES string of the molecule is CSC1O[C@H]([C@H](NC(=O)[C@H]2NC[C@@H]3CC(c4ccc(CO)cc4)=CCO[C@H]32)[C@H](C)Cl)C(O)[C@@H](O)[C@H]1O. The van der Waals surface area contributed by atoms with Crippen LogP contribution in [-0.4, -0.2) is 99.2 Å². The monoisotopic (exact) mass is 542 g/mol. The number of aliphatic hydroxyl groups excluding tert-OH is 4. The quantitative estimate of drug-likeness (QED) is 0.267. The lowest BCUT2D eigenvalue weighted by Crippen LogP contribution is -2.65. The largest absolute Gasteiger partial charge is 0.392 e. The molecule has 3 aliphatic heterocycles. The lowest BCUT2D eigenvalue weighted by atomic mass is 9.90. The molecule has 2 fully saturated rings. The molecule has 200 valence electrons. The van der Waals surface area contributed by atoms with Gasteiger partial charge in [0.05, 0.1) is 30.7 Å². The number of carbonyl (C=O) groups excluding carboxylic acids is 1. The third kappa shape index (κ3) is 5.77. The van der Waals surface area contributed by atoms with Crippen molar-refractivity contribution in [1.29, 1.82) is 0 Å². The fourth-order valence-electron chi connectivity index (χ4n) is 5.21. The molecule has 0 spiro atoms. The van der Waals surface area contributed by atoms with Gasteiger partial charge in [0.25, 0.3) is 0 Å². The zero-order chi connectivity index (χ0) is 26.0. The average Bonchev–Trinajstić information content (AvgIpc) is 3.16. The number of aliphatic hydroxyl groups is 4. The van der Waals surface area contributed by atoms with Crippen LogP contribution in [0.5, 0.6) is 0 Å². The van der Waals surface area contributed by atoms with Crippen LogP contribution in [-0.2, 0) is 20.9 Å². The van der Waals surface area contributed by atoms with Gasteiger partial charge in [-0.05, 0) is 36.3 Å². The van der Waals surface area contributed by atoms with Crippen molar-refractivity contribution in [2.45, 2.75) is 73.4 Å². The number of thioether (sulfide) groups is 1. The van der Waals surface area contributed by atoms with Gasteiger partial charge >= 0.3 is 0 Å². The number of halogens is 1. The highest BCUT2D eigenvalue weighted by Gasteiger charge is 2.49. The first-order valence-corrected chi connectivity index (χ1v) is 13.9. The Labute approximate surface area is 220 Å². The van der Waals surface area contributed by atoms with Crippen molar-refractivity contribution in [3.8, 4) is 0 Å². The summed E-state index contributed by atoms with van der Waals surface area (Å²) >= 11 is 7.61. The lowest BCUT2D eigenvalue weighted by Gasteiger charge is -2.44. The topological polar surface area (TPSA) is 141 Å². The van der Waals surface area contributed by atoms with E-state index >= 15 is 0 Å². The number of hydrogen-bond acceptors (Lipinski definition) is 9. The minimum absolute atomic E-state index is 0.00380. The van der Waals surface area contributed by atoms with Crippen LogP contribution in [0, 0.1) is 5.92 Å². The van der Waals surface area contributed by atoms with Crippen LogP contribution in [0.4, 0.5) is 0 Å². The van der Waals surface area contributed by atoms with Crippen molar-refractivity contribution in [2.75, 3.05) is 19.4 Å². The Kier molecular flexibility index (Phi) is 9.35. The van der Waals surface area contributed by atoms with E-state index in [1.165, 1.54) is 11.8 Å². The molecule has 1 aromatic rings. The number of ether oxygens (including phenoxy) is 2. The second-order valence-corrected chi connectivity index (χ2v) is 11.2. The Hall–Kier alpha value is -1.21. The molecule has 36 heavy (non-hydrogen) atoms. The maximum Gasteiger partial charge on any atom is 0.240 e. The van der Waals surface area contributed by atoms with Crippen molar-refractivity contribution in [2.24, 2.45) is 5.92 Å². The summed E-state index contributed by atoms with van der Waals surface area (Å²) in [5, 5.41) is 45.9. The first-order valence-electron chi connectivity index (χ1n) is 12.2. The van der Waals surface area contributed by atoms with Crippen molar-refractivity contribution in [1.82, 2.24) is 10.6 Å². The van der Waals surface area contributed by atoms with Crippen LogP contribution >= 0.6 is 23.4 Å². The van der Waals surface area contributed by atoms with E-state index in [0.717, 1.165) is 23.1 Å². The summed E-state index contributed by atoms with van der Waals surface area (Å²) in [6, 6.07) is 6.34. The molecule has 3 aliphatic rings. The van der Waals surface area contributed by atoms with Gasteiger partial charge in [0.2, 0.25) is 5.91 Å². The fraction of sp³-hybridized carbons (Fsp3) is 0.640. The van der Waals surface area contributed by atoms with E-state index in [0.29, 0.717) is 13.2 Å². The predicted molar refractivity (Wildman–Crippen MR) is 137 cm³/mol. The molecule has 2 unspecified atom stereocenters. The Morgan fingerprint density at radius 2 is 1.94 bits per heavy atom. The van der Waals surface area contributed by atoms with Crippen molar-refractivity contribution >= 4 is 34.8 Å². The molecule has 2 saturated heterocycles. The molecule has 0 radical (unpaired) electrons. The van der Waals surface area contributed by atoms with Gasteiger partial charge in [0, 0.05) is 12.5 Å². The zero-order valence-corrected chi connectivity index (χ0v) is 21.9. The molecule has 9 nitrogen and oxygen atoms in total. The third-order valence-electron chi connectivity index (χ3n) is 7.28. The first-order chi connectivity index (χ1) is 17.2. The number of hydrogen-bond donors (Lipinski definition) is 6. The van der Waals surface area contributed by atoms with E-state index in [2.05, 4.69) is 10.6 Å². The van der Waals surface area contributed by atoms with E-state index in [9.17, 15) is 25.2 Å². The summed E-state index contributed by atoms with van der Waals surface area (Å²) < 4.78 is 12.0. The average molecular weight is 543 g/mol. The third-order valence-corrected chi connectivity index (χ3v) is 8.41. The molecule has 0 bridgehead atoms. The number of nitrogens with one attached hydrogen (secondary N) is 2. The molecule has 11 heteroatoms. The molecule has 10 atom stereocenters. The molecule has 0 saturated carbocycles. The number of amides is 1. The van der Waals surface area contributed by atoms with Crippen LogP contribution in [0.15, 0.2) is 30.3 Å². The van der Waals surface area contributed by atoms with E-state index in [4.69, 9.17) is 21.1 Å². The lowest BCUT2D eigenvalue weighted by molar-refractivity contribution is -0.205. The smallest absolute Gasteiger partial charge is 0.240 e. The molecule has 4 rings (SSSR count). The van der Waals surface area contributed by atoms with Gasteiger partial charge in [0.1, 0.15) is 35.9 Å². The Bertz CT molecular complexity index is 931. The number of benzene rings is 1. The van der Waals surface area contributed by atoms with Crippen LogP contribution in [0.3, 0.4) is 0 Å². The summed E-state index contributed by atoms with van der Waals surface area (Å²) in [5.74, 6) is -0.249. The van der Waals surface area contributed by atoms with Crippen LogP contribution < -0.4 is 10.6 Å². The molecule has 0 aromatic heterocycles. The Morgan fingerprint density at radius 1 is 1.22 bits per heavy atom. The molecule has 0 aliphatic carbocycles. The summed E-state index contributed by atoms with van der Waals surface area (Å²) in [7, 11) is 0. The molecule has 1 aromatic carbocycles. The maximum atomic E-state index is 13.4. The van der Waals surface area contributed by atoms with Gasteiger partial charge in [-0.25, -0.2) is 0 Å². The Morgan fingerprint density at radius 3 is 2.58 bits per heavy atom. The number of carbonyl (C=O) groups is 1. The number of alkyl halides is 1. The zero-order valence-electron chi connectivity index (χ0n) is 20.3. The maximum absolute atomic E-state index is 13.4. The van der Waals surface area contributed by atoms with Gasteiger partial charge in [0.15, 0.2) is 0 Å². The fourth-order valence-corrected chi connectivity index (χ4v) is 6.09. The van der Waals surface area contributed by atoms with Crippen molar-refractivity contribution in [3.63, 3.8) is 0 Å². The van der Waals surface area contributed by atoms with Gasteiger partial charge in [-0.15, -0.1) is 23.4 Å². The van der Waals surface area contributed by atoms with Gasteiger partial charge in [-0.2, -0.15) is 0 Å². The second kappa shape index (κ2) is 12.1. The minimum atomic E-state index is -1.42. The summed E-state index contributed by atoms with van der Waals surface area (Å²) in [5.41, 5.74) is 2.28. The molecule has 1 amide bonds. The van der Waals surface area contributed by atoms with Crippen molar-refractivity contribution in [3.05, 3.63) is 41.5 Å². The van der Waals surface area contributed by atoms with Crippen LogP contribution in [0.2, 0.25) is 0 Å². The summed E-state index contributed by atoms with van der Waals surface area (Å²) in [4.78, 5) is 13.4. The molecular weight excluding hydrogens is 508 g/mol. The van der Waals surface area contributed by atoms with Gasteiger partial charge in [-0.1, -0.05) is 30.3 Å². The van der Waals surface area contributed by atoms with Crippen LogP contribution in [0.1, 0.15) is 24.5 Å². The van der Waals surface area contributed by atoms with Crippen molar-refractivity contribution < 1.29 is 34.7 Å². The predicted octanol–water partition coefficient (Wildman–Crippen LogP) is 0.222. The van der Waals surface area contributed by atoms with E-state index in [1.54, 1.807) is 13.2 Å². The second-order valence-electron chi connectivity index (χ2n) is 9.62. The van der Waals surface area contributed by atoms with E-state index in [-0.39, 0.29) is 24.5 Å². The van der Waals surface area contributed by atoms with E-state index in [1.807, 2.05) is 30.3 Å². The minimum Gasteiger partial charge on any atom is -0.392 e. The normalized spacial score (nSPS) is 36.4. The summed E-state index contributed by atoms with van der Waals surface area (Å²) in [6.07, 6.45) is -0.965. The first kappa shape index (κ1) is 27.8. The molecule has 6 N–H and O–H groups in total.